The van der Waals surface area contributed by atoms with Crippen LogP contribution in [0.3, 0.4) is 0 Å². The highest BCUT2D eigenvalue weighted by atomic mass is 19.3. The fraction of sp³-hybridized carbons (Fsp3) is 0.455. The number of hydrogen-bond acceptors (Lipinski definition) is 4. The molecule has 0 radical (unpaired) electrons. The smallest absolute Gasteiger partial charge is 0.310 e. The van der Waals surface area contributed by atoms with E-state index in [1.807, 2.05) is 6.92 Å². The molecule has 5 nitrogen and oxygen atoms in total. The first-order valence-electron chi connectivity index (χ1n) is 5.43. The number of nitro groups is 1. The minimum Gasteiger partial charge on any atom is -0.481 e. The molecule has 0 aliphatic rings. The molecule has 0 atom stereocenters. The lowest BCUT2D eigenvalue weighted by molar-refractivity contribution is -0.386. The quantitative estimate of drug-likeness (QED) is 0.603. The van der Waals surface area contributed by atoms with E-state index in [0.29, 0.717) is 6.54 Å². The molecule has 100 valence electrons. The number of rotatable bonds is 7. The number of halogens is 2. The van der Waals surface area contributed by atoms with E-state index < -0.39 is 18.0 Å². The summed E-state index contributed by atoms with van der Waals surface area (Å²) in [6, 6.07) is 4.23. The minimum absolute atomic E-state index is 0.129. The number of nitro benzene ring substituents is 1. The van der Waals surface area contributed by atoms with Crippen LogP contribution in [0.2, 0.25) is 0 Å². The zero-order chi connectivity index (χ0) is 13.5. The average Bonchev–Trinajstić information content (AvgIpc) is 2.33. The van der Waals surface area contributed by atoms with Gasteiger partial charge in [-0.25, -0.2) is 8.78 Å². The predicted molar refractivity (Wildman–Crippen MR) is 62.0 cm³/mol. The van der Waals surface area contributed by atoms with Gasteiger partial charge in [-0.15, -0.1) is 0 Å². The lowest BCUT2D eigenvalue weighted by Crippen LogP contribution is -2.12. The molecule has 0 aliphatic heterocycles. The van der Waals surface area contributed by atoms with Gasteiger partial charge >= 0.3 is 5.69 Å². The van der Waals surface area contributed by atoms with Crippen LogP contribution in [0.5, 0.6) is 5.75 Å². The van der Waals surface area contributed by atoms with E-state index in [1.165, 1.54) is 12.1 Å². The van der Waals surface area contributed by atoms with Gasteiger partial charge in [0.15, 0.2) is 5.75 Å². The van der Waals surface area contributed by atoms with Gasteiger partial charge in [0.2, 0.25) is 0 Å². The van der Waals surface area contributed by atoms with Crippen LogP contribution in [0.4, 0.5) is 14.5 Å². The molecule has 7 heteroatoms. The monoisotopic (exact) mass is 260 g/mol. The summed E-state index contributed by atoms with van der Waals surface area (Å²) < 4.78 is 28.9. The number of nitrogens with zero attached hydrogens (tertiary/aromatic N) is 1. The molecule has 0 saturated heterocycles. The molecule has 0 aromatic heterocycles. The van der Waals surface area contributed by atoms with Crippen molar-refractivity contribution in [2.45, 2.75) is 19.9 Å². The standard InChI is InChI=1S/C11H14F2N2O3/c1-2-14-6-8-3-4-9(15(16)17)10(5-8)18-7-11(12)13/h3-5,11,14H,2,6-7H2,1H3. The Bertz CT molecular complexity index is 413. The van der Waals surface area contributed by atoms with Crippen molar-refractivity contribution in [3.8, 4) is 5.75 Å². The van der Waals surface area contributed by atoms with E-state index in [1.54, 1.807) is 6.07 Å². The number of alkyl halides is 2. The van der Waals surface area contributed by atoms with Gasteiger partial charge in [0.25, 0.3) is 6.43 Å². The molecule has 0 aliphatic carbocycles. The Morgan fingerprint density at radius 1 is 1.50 bits per heavy atom. The highest BCUT2D eigenvalue weighted by molar-refractivity contribution is 5.48. The molecule has 0 fully saturated rings. The maximum absolute atomic E-state index is 12.0. The third kappa shape index (κ3) is 4.25. The van der Waals surface area contributed by atoms with Crippen molar-refractivity contribution < 1.29 is 18.4 Å². The zero-order valence-corrected chi connectivity index (χ0v) is 9.86. The molecule has 0 amide bonds. The Morgan fingerprint density at radius 3 is 2.78 bits per heavy atom. The predicted octanol–water partition coefficient (Wildman–Crippen LogP) is 2.35. The second kappa shape index (κ2) is 6.85. The van der Waals surface area contributed by atoms with E-state index >= 15 is 0 Å². The Labute approximate surface area is 103 Å². The first-order chi connectivity index (χ1) is 8.54. The molecular weight excluding hydrogens is 246 g/mol. The van der Waals surface area contributed by atoms with Gasteiger partial charge < -0.3 is 10.1 Å². The molecule has 0 saturated carbocycles. The van der Waals surface area contributed by atoms with Gasteiger partial charge in [-0.1, -0.05) is 13.0 Å². The van der Waals surface area contributed by atoms with Gasteiger partial charge in [0, 0.05) is 12.6 Å². The summed E-state index contributed by atoms with van der Waals surface area (Å²) in [4.78, 5) is 10.1. The zero-order valence-electron chi connectivity index (χ0n) is 9.86. The molecule has 1 N–H and O–H groups in total. The third-order valence-electron chi connectivity index (χ3n) is 2.16. The fourth-order valence-electron chi connectivity index (χ4n) is 1.36. The van der Waals surface area contributed by atoms with Gasteiger partial charge in [-0.05, 0) is 18.2 Å². The Morgan fingerprint density at radius 2 is 2.22 bits per heavy atom. The van der Waals surface area contributed by atoms with Crippen LogP contribution in [0.1, 0.15) is 12.5 Å². The van der Waals surface area contributed by atoms with Crippen molar-refractivity contribution >= 4 is 5.69 Å². The third-order valence-corrected chi connectivity index (χ3v) is 2.16. The second-order valence-corrected chi connectivity index (χ2v) is 3.54. The van der Waals surface area contributed by atoms with Crippen LogP contribution >= 0.6 is 0 Å². The molecule has 0 bridgehead atoms. The number of hydrogen-bond donors (Lipinski definition) is 1. The molecule has 1 aromatic rings. The topological polar surface area (TPSA) is 64.4 Å². The average molecular weight is 260 g/mol. The maximum Gasteiger partial charge on any atom is 0.310 e. The van der Waals surface area contributed by atoms with Crippen molar-refractivity contribution in [1.82, 2.24) is 5.32 Å². The molecular formula is C11H14F2N2O3. The lowest BCUT2D eigenvalue weighted by Gasteiger charge is -2.08. The minimum atomic E-state index is -2.66. The summed E-state index contributed by atoms with van der Waals surface area (Å²) in [6.45, 7) is 2.30. The Balaban J connectivity index is 2.88. The van der Waals surface area contributed by atoms with Crippen LogP contribution in [0, 0.1) is 10.1 Å². The first-order valence-corrected chi connectivity index (χ1v) is 5.43. The number of ether oxygens (including phenoxy) is 1. The van der Waals surface area contributed by atoms with E-state index in [-0.39, 0.29) is 11.4 Å². The van der Waals surface area contributed by atoms with Crippen molar-refractivity contribution in [2.75, 3.05) is 13.2 Å². The van der Waals surface area contributed by atoms with Crippen molar-refractivity contribution in [1.29, 1.82) is 0 Å². The molecule has 0 unspecified atom stereocenters. The van der Waals surface area contributed by atoms with E-state index in [0.717, 1.165) is 12.1 Å². The largest absolute Gasteiger partial charge is 0.481 e. The van der Waals surface area contributed by atoms with Crippen molar-refractivity contribution in [3.05, 3.63) is 33.9 Å². The van der Waals surface area contributed by atoms with Crippen LogP contribution in [0.15, 0.2) is 18.2 Å². The van der Waals surface area contributed by atoms with Gasteiger partial charge in [0.05, 0.1) is 4.92 Å². The fourth-order valence-corrected chi connectivity index (χ4v) is 1.36. The van der Waals surface area contributed by atoms with Crippen LogP contribution < -0.4 is 10.1 Å². The number of benzene rings is 1. The number of nitrogens with one attached hydrogen (secondary N) is 1. The van der Waals surface area contributed by atoms with Gasteiger partial charge in [0.1, 0.15) is 6.61 Å². The summed E-state index contributed by atoms with van der Waals surface area (Å²) in [5.74, 6) is -0.129. The van der Waals surface area contributed by atoms with Crippen LogP contribution in [-0.2, 0) is 6.54 Å². The summed E-state index contributed by atoms with van der Waals surface area (Å²) >= 11 is 0. The molecule has 1 aromatic carbocycles. The van der Waals surface area contributed by atoms with Crippen molar-refractivity contribution in [3.63, 3.8) is 0 Å². The van der Waals surface area contributed by atoms with E-state index in [4.69, 9.17) is 4.74 Å². The van der Waals surface area contributed by atoms with Gasteiger partial charge in [-0.3, -0.25) is 10.1 Å². The summed E-state index contributed by atoms with van der Waals surface area (Å²) in [5, 5.41) is 13.7. The van der Waals surface area contributed by atoms with Crippen LogP contribution in [0.25, 0.3) is 0 Å². The SMILES string of the molecule is CCNCc1ccc([N+](=O)[O-])c(OCC(F)F)c1. The molecule has 18 heavy (non-hydrogen) atoms. The Kier molecular flexibility index (Phi) is 5.44. The summed E-state index contributed by atoms with van der Waals surface area (Å²) in [5.41, 5.74) is 0.433. The molecule has 0 spiro atoms. The highest BCUT2D eigenvalue weighted by Gasteiger charge is 2.17. The lowest BCUT2D eigenvalue weighted by atomic mass is 10.2. The summed E-state index contributed by atoms with van der Waals surface area (Å²) in [7, 11) is 0. The molecule has 1 rings (SSSR count). The highest BCUT2D eigenvalue weighted by Crippen LogP contribution is 2.28. The second-order valence-electron chi connectivity index (χ2n) is 3.54. The summed E-state index contributed by atoms with van der Waals surface area (Å²) in [6.07, 6.45) is -2.66. The maximum atomic E-state index is 12.0. The van der Waals surface area contributed by atoms with E-state index in [2.05, 4.69) is 5.32 Å². The molecule has 0 heterocycles. The first kappa shape index (κ1) is 14.3. The van der Waals surface area contributed by atoms with Crippen molar-refractivity contribution in [2.24, 2.45) is 0 Å². The Hall–Kier alpha value is -1.76. The van der Waals surface area contributed by atoms with Crippen LogP contribution in [-0.4, -0.2) is 24.5 Å². The van der Waals surface area contributed by atoms with E-state index in [9.17, 15) is 18.9 Å². The normalized spacial score (nSPS) is 10.7. The van der Waals surface area contributed by atoms with Gasteiger partial charge in [-0.2, -0.15) is 0 Å².